The highest BCUT2D eigenvalue weighted by molar-refractivity contribution is 9.10. The first-order valence-electron chi connectivity index (χ1n) is 6.86. The van der Waals surface area contributed by atoms with Gasteiger partial charge in [0.1, 0.15) is 10.7 Å². The molecule has 0 bridgehead atoms. The van der Waals surface area contributed by atoms with Crippen molar-refractivity contribution in [3.8, 4) is 0 Å². The molecule has 1 aromatic carbocycles. The van der Waals surface area contributed by atoms with E-state index in [1.165, 1.54) is 11.8 Å². The van der Waals surface area contributed by atoms with Gasteiger partial charge in [-0.3, -0.25) is 4.79 Å². The maximum atomic E-state index is 12.0. The summed E-state index contributed by atoms with van der Waals surface area (Å²) in [6, 6.07) is 13.4. The van der Waals surface area contributed by atoms with Crippen LogP contribution in [-0.2, 0) is 4.74 Å². The molecule has 0 aliphatic rings. The summed E-state index contributed by atoms with van der Waals surface area (Å²) in [5.41, 5.74) is 0.428. The molecule has 116 valence electrons. The summed E-state index contributed by atoms with van der Waals surface area (Å²) in [5, 5.41) is 3.63. The third kappa shape index (κ3) is 5.44. The Morgan fingerprint density at radius 3 is 2.91 bits per heavy atom. The van der Waals surface area contributed by atoms with Crippen molar-refractivity contribution in [2.24, 2.45) is 0 Å². The minimum atomic E-state index is -0.159. The number of halogens is 1. The van der Waals surface area contributed by atoms with Gasteiger partial charge in [0.25, 0.3) is 5.91 Å². The van der Waals surface area contributed by atoms with Gasteiger partial charge in [0.05, 0.1) is 0 Å². The van der Waals surface area contributed by atoms with E-state index in [1.807, 2.05) is 36.4 Å². The summed E-state index contributed by atoms with van der Waals surface area (Å²) >= 11 is 4.97. The molecule has 0 saturated carbocycles. The largest absolute Gasteiger partial charge is 0.385 e. The number of amides is 1. The molecule has 1 amide bonds. The molecule has 0 aliphatic heterocycles. The van der Waals surface area contributed by atoms with Gasteiger partial charge in [0.2, 0.25) is 0 Å². The molecule has 2 aromatic rings. The van der Waals surface area contributed by atoms with Gasteiger partial charge in [0.15, 0.2) is 0 Å². The smallest absolute Gasteiger partial charge is 0.269 e. The fourth-order valence-electron chi connectivity index (χ4n) is 1.76. The number of hydrogen-bond donors (Lipinski definition) is 1. The quantitative estimate of drug-likeness (QED) is 0.742. The Morgan fingerprint density at radius 2 is 2.14 bits per heavy atom. The number of benzene rings is 1. The molecule has 0 unspecified atom stereocenters. The molecule has 1 N–H and O–H groups in total. The fourth-order valence-corrected chi connectivity index (χ4v) is 3.17. The lowest BCUT2D eigenvalue weighted by Gasteiger charge is -2.06. The highest BCUT2D eigenvalue weighted by Gasteiger charge is 2.08. The highest BCUT2D eigenvalue weighted by Crippen LogP contribution is 2.28. The van der Waals surface area contributed by atoms with Crippen LogP contribution < -0.4 is 5.32 Å². The highest BCUT2D eigenvalue weighted by atomic mass is 79.9. The average molecular weight is 381 g/mol. The monoisotopic (exact) mass is 380 g/mol. The second-order valence-electron chi connectivity index (χ2n) is 4.52. The minimum absolute atomic E-state index is 0.159. The van der Waals surface area contributed by atoms with Crippen molar-refractivity contribution in [1.29, 1.82) is 0 Å². The number of rotatable bonds is 7. The number of hydrogen-bond acceptors (Lipinski definition) is 4. The van der Waals surface area contributed by atoms with Crippen molar-refractivity contribution in [3.63, 3.8) is 0 Å². The molecule has 0 saturated heterocycles. The summed E-state index contributed by atoms with van der Waals surface area (Å²) in [4.78, 5) is 17.5. The summed E-state index contributed by atoms with van der Waals surface area (Å²) in [5.74, 6) is -0.159. The molecule has 2 rings (SSSR count). The van der Waals surface area contributed by atoms with Crippen LogP contribution in [0.1, 0.15) is 16.9 Å². The molecular weight excluding hydrogens is 364 g/mol. The average Bonchev–Trinajstić information content (AvgIpc) is 2.52. The summed E-state index contributed by atoms with van der Waals surface area (Å²) < 4.78 is 5.97. The molecule has 1 heterocycles. The first-order chi connectivity index (χ1) is 10.7. The second-order valence-corrected chi connectivity index (χ2v) is 6.53. The van der Waals surface area contributed by atoms with Crippen molar-refractivity contribution in [3.05, 3.63) is 52.6 Å². The second kappa shape index (κ2) is 8.92. The maximum Gasteiger partial charge on any atom is 0.269 e. The lowest BCUT2D eigenvalue weighted by Crippen LogP contribution is -2.26. The Bertz CT molecular complexity index is 637. The molecule has 1 aromatic heterocycles. The van der Waals surface area contributed by atoms with Crippen LogP contribution >= 0.6 is 27.7 Å². The van der Waals surface area contributed by atoms with E-state index in [0.717, 1.165) is 20.8 Å². The van der Waals surface area contributed by atoms with Gasteiger partial charge >= 0.3 is 0 Å². The molecule has 22 heavy (non-hydrogen) atoms. The molecule has 0 aliphatic carbocycles. The van der Waals surface area contributed by atoms with E-state index in [1.54, 1.807) is 13.2 Å². The van der Waals surface area contributed by atoms with Crippen molar-refractivity contribution in [1.82, 2.24) is 10.3 Å². The number of carbonyl (C=O) groups excluding carboxylic acids is 1. The number of pyridine rings is 1. The molecular formula is C16H17BrN2O2S. The van der Waals surface area contributed by atoms with Gasteiger partial charge in [-0.25, -0.2) is 4.98 Å². The Kier molecular flexibility index (Phi) is 6.89. The predicted octanol–water partition coefficient (Wildman–Crippen LogP) is 3.76. The van der Waals surface area contributed by atoms with Crippen molar-refractivity contribution in [2.75, 3.05) is 20.3 Å². The molecule has 6 heteroatoms. The predicted molar refractivity (Wildman–Crippen MR) is 91.3 cm³/mol. The van der Waals surface area contributed by atoms with E-state index >= 15 is 0 Å². The Balaban J connectivity index is 1.98. The summed E-state index contributed by atoms with van der Waals surface area (Å²) in [6.07, 6.45) is 0.786. The number of nitrogens with zero attached hydrogens (tertiary/aromatic N) is 1. The summed E-state index contributed by atoms with van der Waals surface area (Å²) in [7, 11) is 1.64. The first kappa shape index (κ1) is 17.0. The zero-order valence-electron chi connectivity index (χ0n) is 12.2. The number of aromatic nitrogens is 1. The molecule has 0 spiro atoms. The van der Waals surface area contributed by atoms with Gasteiger partial charge < -0.3 is 10.1 Å². The number of nitrogens with one attached hydrogen (secondary N) is 1. The van der Waals surface area contributed by atoms with Crippen LogP contribution in [0.2, 0.25) is 0 Å². The van der Waals surface area contributed by atoms with Gasteiger partial charge in [-0.05, 0) is 36.8 Å². The maximum absolute atomic E-state index is 12.0. The van der Waals surface area contributed by atoms with Crippen molar-refractivity contribution < 1.29 is 9.53 Å². The van der Waals surface area contributed by atoms with E-state index in [9.17, 15) is 4.79 Å². The molecule has 0 fully saturated rings. The normalized spacial score (nSPS) is 10.5. The molecule has 0 atom stereocenters. The van der Waals surface area contributed by atoms with Gasteiger partial charge in [-0.15, -0.1) is 0 Å². The SMILES string of the molecule is COCCCNC(=O)c1cccc(Sc2cccc(Br)c2)n1. The van der Waals surface area contributed by atoms with Crippen LogP contribution in [0.3, 0.4) is 0 Å². The standard InChI is InChI=1S/C16H17BrN2O2S/c1-21-10-4-9-18-16(20)14-7-3-8-15(19-14)22-13-6-2-5-12(17)11-13/h2-3,5-8,11H,4,9-10H2,1H3,(H,18,20). The number of methoxy groups -OCH3 is 1. The van der Waals surface area contributed by atoms with E-state index in [2.05, 4.69) is 26.2 Å². The zero-order chi connectivity index (χ0) is 15.8. The molecule has 4 nitrogen and oxygen atoms in total. The zero-order valence-corrected chi connectivity index (χ0v) is 14.6. The number of ether oxygens (including phenoxy) is 1. The summed E-state index contributed by atoms with van der Waals surface area (Å²) in [6.45, 7) is 1.21. The van der Waals surface area contributed by atoms with E-state index in [4.69, 9.17) is 4.74 Å². The van der Waals surface area contributed by atoms with E-state index < -0.39 is 0 Å². The topological polar surface area (TPSA) is 51.2 Å². The fraction of sp³-hybridized carbons (Fsp3) is 0.250. The number of carbonyl (C=O) groups is 1. The first-order valence-corrected chi connectivity index (χ1v) is 8.47. The lowest BCUT2D eigenvalue weighted by atomic mass is 10.3. The Hall–Kier alpha value is -1.37. The van der Waals surface area contributed by atoms with Crippen molar-refractivity contribution >= 4 is 33.6 Å². The third-order valence-corrected chi connectivity index (χ3v) is 4.20. The van der Waals surface area contributed by atoms with E-state index in [0.29, 0.717) is 18.8 Å². The Labute approximate surface area is 142 Å². The third-order valence-electron chi connectivity index (χ3n) is 2.79. The van der Waals surface area contributed by atoms with Gasteiger partial charge in [-0.1, -0.05) is 39.8 Å². The minimum Gasteiger partial charge on any atom is -0.385 e. The van der Waals surface area contributed by atoms with Crippen LogP contribution in [0.25, 0.3) is 0 Å². The van der Waals surface area contributed by atoms with Crippen LogP contribution in [0, 0.1) is 0 Å². The van der Waals surface area contributed by atoms with Crippen LogP contribution in [0.15, 0.2) is 56.9 Å². The van der Waals surface area contributed by atoms with E-state index in [-0.39, 0.29) is 5.91 Å². The van der Waals surface area contributed by atoms with Crippen LogP contribution in [0.5, 0.6) is 0 Å². The molecule has 0 radical (unpaired) electrons. The van der Waals surface area contributed by atoms with Crippen LogP contribution in [-0.4, -0.2) is 31.2 Å². The van der Waals surface area contributed by atoms with Gasteiger partial charge in [-0.2, -0.15) is 0 Å². The lowest BCUT2D eigenvalue weighted by molar-refractivity contribution is 0.0943. The van der Waals surface area contributed by atoms with Crippen LogP contribution in [0.4, 0.5) is 0 Å². The van der Waals surface area contributed by atoms with Gasteiger partial charge in [0, 0.05) is 29.6 Å². The Morgan fingerprint density at radius 1 is 1.32 bits per heavy atom. The van der Waals surface area contributed by atoms with Crippen molar-refractivity contribution in [2.45, 2.75) is 16.3 Å².